The van der Waals surface area contributed by atoms with Gasteiger partial charge in [0, 0.05) is 64.5 Å². The van der Waals surface area contributed by atoms with Gasteiger partial charge in [-0.15, -0.1) is 0 Å². The lowest BCUT2D eigenvalue weighted by Crippen LogP contribution is -2.40. The molecule has 0 spiro atoms. The number of ether oxygens (including phenoxy) is 1. The molecule has 1 saturated heterocycles. The van der Waals surface area contributed by atoms with Crippen LogP contribution >= 0.6 is 11.6 Å². The largest absolute Gasteiger partial charge is 0.379 e. The van der Waals surface area contributed by atoms with E-state index in [-0.39, 0.29) is 30.4 Å². The smallest absolute Gasteiger partial charge is 0.258 e. The summed E-state index contributed by atoms with van der Waals surface area (Å²) < 4.78 is 49.9. The molecular formula is C29H25ClFN3O4S. The summed E-state index contributed by atoms with van der Waals surface area (Å²) in [4.78, 5) is 15.0. The predicted molar refractivity (Wildman–Crippen MR) is 150 cm³/mol. The molecule has 0 saturated carbocycles. The van der Waals surface area contributed by atoms with Crippen LogP contribution in [0.3, 0.4) is 0 Å². The molecule has 2 aliphatic rings. The zero-order valence-electron chi connectivity index (χ0n) is 21.1. The first kappa shape index (κ1) is 25.8. The number of sulfonamides is 1. The number of fused-ring (bicyclic) bond motifs is 2. The first-order valence-corrected chi connectivity index (χ1v) is 14.3. The van der Waals surface area contributed by atoms with E-state index in [1.54, 1.807) is 43.5 Å². The Kier molecular flexibility index (Phi) is 6.55. The second-order valence-electron chi connectivity index (χ2n) is 9.55. The van der Waals surface area contributed by atoms with Crippen LogP contribution in [0.4, 0.5) is 10.1 Å². The number of hydrogen-bond acceptors (Lipinski definition) is 4. The number of hydrogen-bond donors (Lipinski definition) is 0. The summed E-state index contributed by atoms with van der Waals surface area (Å²) in [7, 11) is -2.08. The van der Waals surface area contributed by atoms with Gasteiger partial charge in [-0.2, -0.15) is 4.31 Å². The highest BCUT2D eigenvalue weighted by Crippen LogP contribution is 2.40. The first-order chi connectivity index (χ1) is 18.8. The van der Waals surface area contributed by atoms with Gasteiger partial charge in [0.25, 0.3) is 5.91 Å². The molecular weight excluding hydrogens is 541 g/mol. The van der Waals surface area contributed by atoms with E-state index >= 15 is 0 Å². The fourth-order valence-corrected chi connectivity index (χ4v) is 6.85. The van der Waals surface area contributed by atoms with Crippen molar-refractivity contribution in [3.05, 3.63) is 94.4 Å². The standard InChI is InChI=1S/C29H25ClFN3O4S/c1-32-27-10-9-20(39(36,37)34-11-13-38-14-12-34)16-22(27)23(29(32)35)15-19-17-33(28-8-3-2-5-21(19)28)18-24-25(30)6-4-7-26(24)31/h2-10,15-17H,11-14,18H2,1H3. The Morgan fingerprint density at radius 2 is 1.82 bits per heavy atom. The highest BCUT2D eigenvalue weighted by Gasteiger charge is 2.33. The Hall–Kier alpha value is -3.50. The first-order valence-electron chi connectivity index (χ1n) is 12.5. The van der Waals surface area contributed by atoms with Gasteiger partial charge in [0.05, 0.1) is 30.3 Å². The van der Waals surface area contributed by atoms with E-state index in [1.165, 1.54) is 15.3 Å². The van der Waals surface area contributed by atoms with E-state index in [4.69, 9.17) is 16.3 Å². The Morgan fingerprint density at radius 3 is 2.59 bits per heavy atom. The molecule has 39 heavy (non-hydrogen) atoms. The third-order valence-corrected chi connectivity index (χ3v) is 9.52. The molecule has 0 aliphatic carbocycles. The SMILES string of the molecule is CN1C(=O)C(=Cc2cn(Cc3c(F)cccc3Cl)c3ccccc23)c2cc(S(=O)(=O)N3CCOCC3)ccc21. The molecule has 4 aromatic rings. The molecule has 0 atom stereocenters. The highest BCUT2D eigenvalue weighted by atomic mass is 35.5. The molecule has 3 aromatic carbocycles. The molecule has 6 rings (SSSR count). The number of rotatable bonds is 5. The summed E-state index contributed by atoms with van der Waals surface area (Å²) in [5.74, 6) is -0.629. The molecule has 0 bridgehead atoms. The number of anilines is 1. The molecule has 3 heterocycles. The second-order valence-corrected chi connectivity index (χ2v) is 11.9. The van der Waals surface area contributed by atoms with Crippen LogP contribution in [0.25, 0.3) is 22.6 Å². The summed E-state index contributed by atoms with van der Waals surface area (Å²) in [6.45, 7) is 1.47. The number of aromatic nitrogens is 1. The number of amides is 1. The van der Waals surface area contributed by atoms with E-state index in [0.29, 0.717) is 40.6 Å². The predicted octanol–water partition coefficient (Wildman–Crippen LogP) is 5.02. The lowest BCUT2D eigenvalue weighted by molar-refractivity contribution is -0.112. The summed E-state index contributed by atoms with van der Waals surface area (Å²) in [6, 6.07) is 17.0. The minimum absolute atomic E-state index is 0.133. The average molecular weight is 566 g/mol. The van der Waals surface area contributed by atoms with Gasteiger partial charge >= 0.3 is 0 Å². The van der Waals surface area contributed by atoms with E-state index in [0.717, 1.165) is 16.5 Å². The molecule has 10 heteroatoms. The van der Waals surface area contributed by atoms with Crippen molar-refractivity contribution in [2.75, 3.05) is 38.3 Å². The van der Waals surface area contributed by atoms with Crippen LogP contribution in [0.1, 0.15) is 16.7 Å². The van der Waals surface area contributed by atoms with E-state index in [9.17, 15) is 17.6 Å². The average Bonchev–Trinajstić information content (AvgIpc) is 3.41. The maximum Gasteiger partial charge on any atom is 0.258 e. The normalized spacial score (nSPS) is 17.4. The molecule has 0 radical (unpaired) electrons. The van der Waals surface area contributed by atoms with Crippen molar-refractivity contribution in [2.45, 2.75) is 11.4 Å². The van der Waals surface area contributed by atoms with Crippen molar-refractivity contribution < 1.29 is 22.3 Å². The topological polar surface area (TPSA) is 71.9 Å². The maximum atomic E-state index is 14.6. The molecule has 2 aliphatic heterocycles. The van der Waals surface area contributed by atoms with Crippen LogP contribution in [0.5, 0.6) is 0 Å². The van der Waals surface area contributed by atoms with Crippen molar-refractivity contribution >= 4 is 55.8 Å². The number of halogens is 2. The Bertz CT molecular complexity index is 1740. The minimum Gasteiger partial charge on any atom is -0.379 e. The monoisotopic (exact) mass is 565 g/mol. The van der Waals surface area contributed by atoms with Crippen molar-refractivity contribution in [3.63, 3.8) is 0 Å². The Morgan fingerprint density at radius 1 is 1.05 bits per heavy atom. The van der Waals surface area contributed by atoms with Gasteiger partial charge in [0.15, 0.2) is 0 Å². The van der Waals surface area contributed by atoms with Crippen molar-refractivity contribution in [3.8, 4) is 0 Å². The number of morpholine rings is 1. The number of nitrogens with zero attached hydrogens (tertiary/aromatic N) is 3. The summed E-state index contributed by atoms with van der Waals surface area (Å²) in [5.41, 5.74) is 3.55. The molecule has 200 valence electrons. The van der Waals surface area contributed by atoms with Gasteiger partial charge < -0.3 is 14.2 Å². The lowest BCUT2D eigenvalue weighted by Gasteiger charge is -2.26. The number of carbonyl (C=O) groups excluding carboxylic acids is 1. The zero-order chi connectivity index (χ0) is 27.3. The lowest BCUT2D eigenvalue weighted by atomic mass is 10.0. The minimum atomic E-state index is -3.74. The van der Waals surface area contributed by atoms with Crippen molar-refractivity contribution in [1.82, 2.24) is 8.87 Å². The van der Waals surface area contributed by atoms with Crippen LogP contribution < -0.4 is 4.90 Å². The van der Waals surface area contributed by atoms with Crippen LogP contribution in [-0.2, 0) is 26.1 Å². The van der Waals surface area contributed by atoms with Crippen LogP contribution in [-0.4, -0.2) is 56.5 Å². The summed E-state index contributed by atoms with van der Waals surface area (Å²) in [6.07, 6.45) is 3.64. The molecule has 1 fully saturated rings. The number of carbonyl (C=O) groups is 1. The van der Waals surface area contributed by atoms with E-state index < -0.39 is 15.8 Å². The van der Waals surface area contributed by atoms with Gasteiger partial charge in [-0.05, 0) is 42.5 Å². The van der Waals surface area contributed by atoms with Crippen LogP contribution in [0.15, 0.2) is 71.8 Å². The number of benzene rings is 3. The van der Waals surface area contributed by atoms with Crippen LogP contribution in [0, 0.1) is 5.82 Å². The van der Waals surface area contributed by atoms with E-state index in [2.05, 4.69) is 0 Å². The van der Waals surface area contributed by atoms with Gasteiger partial charge in [-0.25, -0.2) is 12.8 Å². The quantitative estimate of drug-likeness (QED) is 0.319. The molecule has 0 unspecified atom stereocenters. The number of likely N-dealkylation sites (N-methyl/N-ethyl adjacent to an activating group) is 1. The fourth-order valence-electron chi connectivity index (χ4n) is 5.19. The maximum absolute atomic E-state index is 14.6. The molecule has 1 amide bonds. The Labute approximate surface area is 230 Å². The Balaban J connectivity index is 1.45. The number of para-hydroxylation sites is 1. The van der Waals surface area contributed by atoms with Crippen LogP contribution in [0.2, 0.25) is 5.02 Å². The van der Waals surface area contributed by atoms with E-state index in [1.807, 2.05) is 35.0 Å². The van der Waals surface area contributed by atoms with Gasteiger partial charge in [0.2, 0.25) is 10.0 Å². The summed E-state index contributed by atoms with van der Waals surface area (Å²) >= 11 is 6.30. The third-order valence-electron chi connectivity index (χ3n) is 7.27. The van der Waals surface area contributed by atoms with Gasteiger partial charge in [-0.1, -0.05) is 35.9 Å². The summed E-state index contributed by atoms with van der Waals surface area (Å²) in [5, 5.41) is 1.21. The molecule has 0 N–H and O–H groups in total. The fraction of sp³-hybridized carbons (Fsp3) is 0.207. The zero-order valence-corrected chi connectivity index (χ0v) is 22.7. The third kappa shape index (κ3) is 4.45. The second kappa shape index (κ2) is 9.91. The van der Waals surface area contributed by atoms with Crippen molar-refractivity contribution in [1.29, 1.82) is 0 Å². The van der Waals surface area contributed by atoms with Crippen molar-refractivity contribution in [2.24, 2.45) is 0 Å². The molecule has 1 aromatic heterocycles. The van der Waals surface area contributed by atoms with Gasteiger partial charge in [-0.3, -0.25) is 4.79 Å². The molecule has 7 nitrogen and oxygen atoms in total. The van der Waals surface area contributed by atoms with Gasteiger partial charge in [0.1, 0.15) is 5.82 Å². The highest BCUT2D eigenvalue weighted by molar-refractivity contribution is 7.89.